The lowest BCUT2D eigenvalue weighted by atomic mass is 10.5. The molecule has 16 heavy (non-hydrogen) atoms. The molecule has 0 unspecified atom stereocenters. The highest BCUT2D eigenvalue weighted by molar-refractivity contribution is 7.53. The van der Waals surface area contributed by atoms with Crippen LogP contribution in [-0.4, -0.2) is 24.4 Å². The van der Waals surface area contributed by atoms with Crippen LogP contribution in [0.5, 0.6) is 0 Å². The van der Waals surface area contributed by atoms with Gasteiger partial charge in [0.25, 0.3) is 0 Å². The number of hydrogen-bond donors (Lipinski definition) is 1. The molecule has 5 nitrogen and oxygen atoms in total. The summed E-state index contributed by atoms with van der Waals surface area (Å²) in [6, 6.07) is 0. The lowest BCUT2D eigenvalue weighted by molar-refractivity contribution is -0.695. The summed E-state index contributed by atoms with van der Waals surface area (Å²) in [6.45, 7) is 5.32. The van der Waals surface area contributed by atoms with E-state index in [1.54, 1.807) is 0 Å². The standard InChI is InChI=1S/C10H19N2O3P/c1-3-14-16(13,15-4-2)9-5-7-12-8-6-11-10-12/h6,8,10H,3-5,7,9H2,1-2H3/p+1. The number of hydrogen-bond acceptors (Lipinski definition) is 3. The van der Waals surface area contributed by atoms with Crippen LogP contribution in [0.1, 0.15) is 20.3 Å². The van der Waals surface area contributed by atoms with Crippen molar-refractivity contribution >= 4 is 7.60 Å². The van der Waals surface area contributed by atoms with Gasteiger partial charge >= 0.3 is 7.60 Å². The Kier molecular flexibility index (Phi) is 5.74. The number of aryl methyl sites for hydroxylation is 1. The van der Waals surface area contributed by atoms with E-state index in [0.717, 1.165) is 13.0 Å². The molecule has 0 aliphatic carbocycles. The Bertz CT molecular complexity index is 317. The van der Waals surface area contributed by atoms with Gasteiger partial charge in [-0.05, 0) is 20.3 Å². The number of H-pyrrole nitrogens is 1. The molecule has 0 atom stereocenters. The van der Waals surface area contributed by atoms with E-state index in [9.17, 15) is 4.57 Å². The Labute approximate surface area is 96.3 Å². The number of nitrogens with one attached hydrogen (secondary N) is 1. The monoisotopic (exact) mass is 247 g/mol. The molecular formula is C10H20N2O3P+. The minimum absolute atomic E-state index is 0.425. The summed E-state index contributed by atoms with van der Waals surface area (Å²) < 4.78 is 24.5. The van der Waals surface area contributed by atoms with Crippen molar-refractivity contribution in [3.05, 3.63) is 18.7 Å². The van der Waals surface area contributed by atoms with Gasteiger partial charge in [0.1, 0.15) is 12.4 Å². The number of aromatic nitrogens is 2. The zero-order chi connectivity index (χ0) is 11.9. The van der Waals surface area contributed by atoms with Gasteiger partial charge in [-0.25, -0.2) is 4.57 Å². The molecular weight excluding hydrogens is 227 g/mol. The molecule has 1 N–H and O–H groups in total. The van der Waals surface area contributed by atoms with E-state index in [2.05, 4.69) is 4.98 Å². The van der Waals surface area contributed by atoms with Crippen molar-refractivity contribution < 1.29 is 18.2 Å². The second-order valence-corrected chi connectivity index (χ2v) is 5.56. The third-order valence-electron chi connectivity index (χ3n) is 2.10. The zero-order valence-electron chi connectivity index (χ0n) is 9.89. The second-order valence-electron chi connectivity index (χ2n) is 3.37. The summed E-state index contributed by atoms with van der Waals surface area (Å²) in [7, 11) is -2.86. The van der Waals surface area contributed by atoms with Crippen molar-refractivity contribution in [3.8, 4) is 0 Å². The van der Waals surface area contributed by atoms with Crippen LogP contribution < -0.4 is 4.57 Å². The molecule has 0 radical (unpaired) electrons. The highest BCUT2D eigenvalue weighted by Crippen LogP contribution is 2.48. The fourth-order valence-electron chi connectivity index (χ4n) is 1.47. The average molecular weight is 247 g/mol. The molecule has 0 aromatic carbocycles. The van der Waals surface area contributed by atoms with E-state index in [1.807, 2.05) is 37.1 Å². The van der Waals surface area contributed by atoms with Gasteiger partial charge in [-0.2, -0.15) is 0 Å². The number of nitrogens with zero attached hydrogens (tertiary/aromatic N) is 1. The van der Waals surface area contributed by atoms with Gasteiger partial charge in [-0.1, -0.05) is 0 Å². The summed E-state index contributed by atoms with van der Waals surface area (Å²) in [4.78, 5) is 2.96. The molecule has 0 saturated carbocycles. The molecule has 0 saturated heterocycles. The molecule has 0 aliphatic heterocycles. The summed E-state index contributed by atoms with van der Waals surface area (Å²) in [6.07, 6.45) is 6.90. The smallest absolute Gasteiger partial charge is 0.309 e. The van der Waals surface area contributed by atoms with Gasteiger partial charge in [-0.3, -0.25) is 9.55 Å². The van der Waals surface area contributed by atoms with E-state index in [-0.39, 0.29) is 0 Å². The third-order valence-corrected chi connectivity index (χ3v) is 4.27. The number of rotatable bonds is 8. The van der Waals surface area contributed by atoms with Crippen molar-refractivity contribution in [2.45, 2.75) is 26.8 Å². The van der Waals surface area contributed by atoms with E-state index >= 15 is 0 Å². The van der Waals surface area contributed by atoms with Crippen molar-refractivity contribution in [2.75, 3.05) is 19.4 Å². The van der Waals surface area contributed by atoms with Gasteiger partial charge in [0.15, 0.2) is 0 Å². The second kappa shape index (κ2) is 6.84. The largest absolute Gasteiger partial charge is 0.330 e. The Morgan fingerprint density at radius 3 is 2.50 bits per heavy atom. The normalized spacial score (nSPS) is 11.9. The summed E-state index contributed by atoms with van der Waals surface area (Å²) in [5, 5.41) is 0. The minimum atomic E-state index is -2.86. The predicted octanol–water partition coefficient (Wildman–Crippen LogP) is 1.96. The average Bonchev–Trinajstić information content (AvgIpc) is 2.71. The lowest BCUT2D eigenvalue weighted by Crippen LogP contribution is -2.30. The van der Waals surface area contributed by atoms with E-state index in [1.165, 1.54) is 0 Å². The van der Waals surface area contributed by atoms with Crippen LogP contribution in [-0.2, 0) is 20.2 Å². The van der Waals surface area contributed by atoms with Crippen LogP contribution in [0.3, 0.4) is 0 Å². The molecule has 0 aliphatic rings. The van der Waals surface area contributed by atoms with E-state index < -0.39 is 7.60 Å². The third kappa shape index (κ3) is 4.47. The van der Waals surface area contributed by atoms with E-state index in [4.69, 9.17) is 9.05 Å². The van der Waals surface area contributed by atoms with Crippen LogP contribution in [0.15, 0.2) is 18.7 Å². The molecule has 1 rings (SSSR count). The first kappa shape index (κ1) is 13.4. The molecule has 0 amide bonds. The van der Waals surface area contributed by atoms with Crippen LogP contribution in [0.2, 0.25) is 0 Å². The van der Waals surface area contributed by atoms with Crippen molar-refractivity contribution in [3.63, 3.8) is 0 Å². The first-order valence-corrected chi connectivity index (χ1v) is 7.33. The highest BCUT2D eigenvalue weighted by Gasteiger charge is 2.22. The molecule has 92 valence electrons. The Morgan fingerprint density at radius 2 is 2.00 bits per heavy atom. The first-order valence-electron chi connectivity index (χ1n) is 5.60. The maximum atomic E-state index is 12.1. The van der Waals surface area contributed by atoms with Gasteiger partial charge in [0.05, 0.1) is 25.9 Å². The molecule has 0 spiro atoms. The molecule has 0 bridgehead atoms. The quantitative estimate of drug-likeness (QED) is 0.564. The summed E-state index contributed by atoms with van der Waals surface area (Å²) in [5.41, 5.74) is 0. The molecule has 1 aromatic rings. The maximum absolute atomic E-state index is 12.1. The number of aromatic amines is 1. The van der Waals surface area contributed by atoms with Gasteiger partial charge in [0, 0.05) is 0 Å². The Hall–Kier alpha value is -0.640. The Balaban J connectivity index is 2.35. The van der Waals surface area contributed by atoms with Crippen LogP contribution in [0.4, 0.5) is 0 Å². The fraction of sp³-hybridized carbons (Fsp3) is 0.700. The lowest BCUT2D eigenvalue weighted by Gasteiger charge is -2.16. The first-order chi connectivity index (χ1) is 7.70. The topological polar surface area (TPSA) is 55.2 Å². The zero-order valence-corrected chi connectivity index (χ0v) is 10.8. The highest BCUT2D eigenvalue weighted by atomic mass is 31.2. The van der Waals surface area contributed by atoms with Crippen LogP contribution >= 0.6 is 7.60 Å². The van der Waals surface area contributed by atoms with Gasteiger partial charge in [-0.15, -0.1) is 0 Å². The minimum Gasteiger partial charge on any atom is -0.309 e. The SMILES string of the molecule is CCOP(=O)(CCC[n+]1cc[nH]c1)OCC. The Morgan fingerprint density at radius 1 is 1.31 bits per heavy atom. The fourth-order valence-corrected chi connectivity index (χ4v) is 3.11. The molecule has 6 heteroatoms. The van der Waals surface area contributed by atoms with Gasteiger partial charge in [0.2, 0.25) is 6.33 Å². The van der Waals surface area contributed by atoms with Crippen molar-refractivity contribution in [1.29, 1.82) is 0 Å². The predicted molar refractivity (Wildman–Crippen MR) is 61.3 cm³/mol. The molecule has 1 heterocycles. The molecule has 1 aromatic heterocycles. The molecule has 0 fully saturated rings. The van der Waals surface area contributed by atoms with Crippen LogP contribution in [0.25, 0.3) is 0 Å². The number of imidazole rings is 1. The van der Waals surface area contributed by atoms with Crippen LogP contribution in [0, 0.1) is 0 Å². The van der Waals surface area contributed by atoms with Crippen molar-refractivity contribution in [1.82, 2.24) is 4.98 Å². The summed E-state index contributed by atoms with van der Waals surface area (Å²) >= 11 is 0. The summed E-state index contributed by atoms with van der Waals surface area (Å²) in [5.74, 6) is 0. The maximum Gasteiger partial charge on any atom is 0.330 e. The van der Waals surface area contributed by atoms with E-state index in [0.29, 0.717) is 19.4 Å². The van der Waals surface area contributed by atoms with Crippen molar-refractivity contribution in [2.24, 2.45) is 0 Å². The van der Waals surface area contributed by atoms with Gasteiger partial charge < -0.3 is 9.05 Å².